The van der Waals surface area contributed by atoms with Crippen molar-refractivity contribution in [3.05, 3.63) is 30.5 Å². The molecule has 8 heteroatoms. The van der Waals surface area contributed by atoms with Crippen LogP contribution >= 0.6 is 12.4 Å². The van der Waals surface area contributed by atoms with Gasteiger partial charge in [0.05, 0.1) is 19.1 Å². The minimum absolute atomic E-state index is 0. The molecule has 2 N–H and O–H groups in total. The molecule has 2 saturated heterocycles. The Hall–Kier alpha value is -2.09. The molecule has 7 nitrogen and oxygen atoms in total. The number of amides is 2. The van der Waals surface area contributed by atoms with Crippen molar-refractivity contribution >= 4 is 40.8 Å². The van der Waals surface area contributed by atoms with Crippen molar-refractivity contribution in [2.24, 2.45) is 5.92 Å². The van der Waals surface area contributed by atoms with Gasteiger partial charge in [-0.05, 0) is 37.2 Å². The average Bonchev–Trinajstić information content (AvgIpc) is 3.33. The van der Waals surface area contributed by atoms with E-state index in [0.29, 0.717) is 32.8 Å². The highest BCUT2D eigenvalue weighted by atomic mass is 35.5. The van der Waals surface area contributed by atoms with Crippen LogP contribution in [0.4, 0.5) is 5.69 Å². The van der Waals surface area contributed by atoms with Crippen LogP contribution in [0.5, 0.6) is 0 Å². The molecule has 0 radical (unpaired) electrons. The maximum absolute atomic E-state index is 12.5. The number of halogens is 1. The first-order chi connectivity index (χ1) is 12.7. The standard InChI is InChI=1S/C19H24N4O3.ClH/c24-18(22-7-9-26-10-8-22)13-23-6-4-14-11-16(1-2-17(14)23)21-19(25)15-3-5-20-12-15;/h1-2,4,6,11,15,20H,3,5,7-10,12-13H2,(H,21,25);1H. The molecular weight excluding hydrogens is 368 g/mol. The lowest BCUT2D eigenvalue weighted by Gasteiger charge is -2.27. The van der Waals surface area contributed by atoms with Crippen molar-refractivity contribution in [2.75, 3.05) is 44.7 Å². The Kier molecular flexibility index (Phi) is 6.36. The van der Waals surface area contributed by atoms with E-state index in [2.05, 4.69) is 10.6 Å². The van der Waals surface area contributed by atoms with Gasteiger partial charge in [-0.1, -0.05) is 0 Å². The number of morpholine rings is 1. The Labute approximate surface area is 164 Å². The number of nitrogens with one attached hydrogen (secondary N) is 2. The highest BCUT2D eigenvalue weighted by Gasteiger charge is 2.22. The third-order valence-corrected chi connectivity index (χ3v) is 5.14. The van der Waals surface area contributed by atoms with Gasteiger partial charge in [0.15, 0.2) is 0 Å². The Morgan fingerprint density at radius 2 is 2.04 bits per heavy atom. The molecule has 2 fully saturated rings. The number of aromatic nitrogens is 1. The van der Waals surface area contributed by atoms with Gasteiger partial charge >= 0.3 is 0 Å². The number of carbonyl (C=O) groups excluding carboxylic acids is 2. The maximum atomic E-state index is 12.5. The van der Waals surface area contributed by atoms with Crippen LogP contribution in [0.25, 0.3) is 10.9 Å². The normalized spacial score (nSPS) is 19.7. The van der Waals surface area contributed by atoms with Crippen molar-refractivity contribution in [3.63, 3.8) is 0 Å². The van der Waals surface area contributed by atoms with Crippen molar-refractivity contribution < 1.29 is 14.3 Å². The molecule has 0 saturated carbocycles. The second kappa shape index (κ2) is 8.73. The molecule has 2 amide bonds. The zero-order valence-electron chi connectivity index (χ0n) is 15.1. The summed E-state index contributed by atoms with van der Waals surface area (Å²) in [7, 11) is 0. The predicted octanol–water partition coefficient (Wildman–Crippen LogP) is 1.47. The summed E-state index contributed by atoms with van der Waals surface area (Å²) in [5.74, 6) is 0.217. The largest absolute Gasteiger partial charge is 0.378 e. The molecule has 2 aliphatic rings. The third-order valence-electron chi connectivity index (χ3n) is 5.14. The molecule has 3 heterocycles. The van der Waals surface area contributed by atoms with E-state index in [1.807, 2.05) is 39.9 Å². The van der Waals surface area contributed by atoms with Crippen LogP contribution in [0.3, 0.4) is 0 Å². The molecule has 2 aliphatic heterocycles. The Balaban J connectivity index is 0.00000210. The van der Waals surface area contributed by atoms with Gasteiger partial charge in [-0.3, -0.25) is 9.59 Å². The highest BCUT2D eigenvalue weighted by Crippen LogP contribution is 2.22. The van der Waals surface area contributed by atoms with E-state index in [0.717, 1.165) is 36.1 Å². The fourth-order valence-electron chi connectivity index (χ4n) is 3.60. The van der Waals surface area contributed by atoms with Crippen LogP contribution in [0.2, 0.25) is 0 Å². The predicted molar refractivity (Wildman–Crippen MR) is 106 cm³/mol. The number of nitrogens with zero attached hydrogens (tertiary/aromatic N) is 2. The first-order valence-corrected chi connectivity index (χ1v) is 9.17. The SMILES string of the molecule is Cl.O=C(Nc1ccc2c(ccn2CC(=O)N2CCOCC2)c1)C1CCNC1. The van der Waals surface area contributed by atoms with E-state index >= 15 is 0 Å². The van der Waals surface area contributed by atoms with E-state index in [-0.39, 0.29) is 30.1 Å². The summed E-state index contributed by atoms with van der Waals surface area (Å²) in [5, 5.41) is 7.23. The van der Waals surface area contributed by atoms with Crippen LogP contribution in [0.15, 0.2) is 30.5 Å². The Bertz CT molecular complexity index is 810. The topological polar surface area (TPSA) is 75.6 Å². The average molecular weight is 393 g/mol. The van der Waals surface area contributed by atoms with Crippen LogP contribution in [-0.2, 0) is 20.9 Å². The zero-order chi connectivity index (χ0) is 17.9. The summed E-state index contributed by atoms with van der Waals surface area (Å²) in [6, 6.07) is 7.81. The summed E-state index contributed by atoms with van der Waals surface area (Å²) >= 11 is 0. The first-order valence-electron chi connectivity index (χ1n) is 9.17. The molecule has 4 rings (SSSR count). The van der Waals surface area contributed by atoms with Crippen LogP contribution < -0.4 is 10.6 Å². The smallest absolute Gasteiger partial charge is 0.242 e. The Morgan fingerprint density at radius 1 is 1.22 bits per heavy atom. The summed E-state index contributed by atoms with van der Waals surface area (Å²) < 4.78 is 7.26. The molecule has 0 aliphatic carbocycles. The molecule has 1 unspecified atom stereocenters. The zero-order valence-corrected chi connectivity index (χ0v) is 16.0. The number of hydrogen-bond acceptors (Lipinski definition) is 4. The molecular formula is C19H25ClN4O3. The number of hydrogen-bond donors (Lipinski definition) is 2. The summed E-state index contributed by atoms with van der Waals surface area (Å²) in [5.41, 5.74) is 1.79. The highest BCUT2D eigenvalue weighted by molar-refractivity contribution is 5.95. The van der Waals surface area contributed by atoms with E-state index in [1.54, 1.807) is 0 Å². The summed E-state index contributed by atoms with van der Waals surface area (Å²) in [4.78, 5) is 26.6. The second-order valence-electron chi connectivity index (χ2n) is 6.89. The first kappa shape index (κ1) is 19.7. The summed E-state index contributed by atoms with van der Waals surface area (Å²) in [6.45, 7) is 4.50. The van der Waals surface area contributed by atoms with Crippen molar-refractivity contribution in [2.45, 2.75) is 13.0 Å². The molecule has 1 aromatic heterocycles. The lowest BCUT2D eigenvalue weighted by Crippen LogP contribution is -2.42. The molecule has 1 atom stereocenters. The van der Waals surface area contributed by atoms with Gasteiger partial charge in [0.25, 0.3) is 0 Å². The summed E-state index contributed by atoms with van der Waals surface area (Å²) in [6.07, 6.45) is 2.81. The number of benzene rings is 1. The van der Waals surface area contributed by atoms with Crippen molar-refractivity contribution in [1.29, 1.82) is 0 Å². The van der Waals surface area contributed by atoms with Gasteiger partial charge in [0, 0.05) is 42.4 Å². The fraction of sp³-hybridized carbons (Fsp3) is 0.474. The van der Waals surface area contributed by atoms with Gasteiger partial charge in [-0.2, -0.15) is 0 Å². The van der Waals surface area contributed by atoms with E-state index in [9.17, 15) is 9.59 Å². The number of carbonyl (C=O) groups is 2. The van der Waals surface area contributed by atoms with Crippen molar-refractivity contribution in [1.82, 2.24) is 14.8 Å². The van der Waals surface area contributed by atoms with Gasteiger partial charge in [-0.15, -0.1) is 12.4 Å². The minimum atomic E-state index is 0. The van der Waals surface area contributed by atoms with Gasteiger partial charge in [0.2, 0.25) is 11.8 Å². The third kappa shape index (κ3) is 4.43. The number of ether oxygens (including phenoxy) is 1. The molecule has 2 aromatic rings. The Morgan fingerprint density at radius 3 is 2.78 bits per heavy atom. The van der Waals surface area contributed by atoms with Crippen molar-refractivity contribution in [3.8, 4) is 0 Å². The quantitative estimate of drug-likeness (QED) is 0.826. The number of anilines is 1. The lowest BCUT2D eigenvalue weighted by atomic mass is 10.1. The van der Waals surface area contributed by atoms with Gasteiger partial charge in [0.1, 0.15) is 6.54 Å². The maximum Gasteiger partial charge on any atom is 0.242 e. The van der Waals surface area contributed by atoms with Gasteiger partial charge < -0.3 is 24.8 Å². The van der Waals surface area contributed by atoms with Gasteiger partial charge in [-0.25, -0.2) is 0 Å². The van der Waals surface area contributed by atoms with E-state index in [4.69, 9.17) is 4.74 Å². The monoisotopic (exact) mass is 392 g/mol. The second-order valence-corrected chi connectivity index (χ2v) is 6.89. The fourth-order valence-corrected chi connectivity index (χ4v) is 3.60. The van der Waals surface area contributed by atoms with Crippen LogP contribution in [0.1, 0.15) is 6.42 Å². The molecule has 0 spiro atoms. The van der Waals surface area contributed by atoms with Crippen LogP contribution in [0, 0.1) is 5.92 Å². The van der Waals surface area contributed by atoms with Crippen LogP contribution in [-0.4, -0.2) is 60.7 Å². The molecule has 1 aromatic carbocycles. The molecule has 146 valence electrons. The molecule has 27 heavy (non-hydrogen) atoms. The lowest BCUT2D eigenvalue weighted by molar-refractivity contribution is -0.135. The van der Waals surface area contributed by atoms with E-state index in [1.165, 1.54) is 0 Å². The van der Waals surface area contributed by atoms with E-state index < -0.39 is 0 Å². The number of fused-ring (bicyclic) bond motifs is 1. The minimum Gasteiger partial charge on any atom is -0.378 e. The number of rotatable bonds is 4. The molecule has 0 bridgehead atoms.